The first-order valence-corrected chi connectivity index (χ1v) is 9.80. The van der Waals surface area contributed by atoms with Gasteiger partial charge in [0.25, 0.3) is 5.91 Å². The van der Waals surface area contributed by atoms with E-state index in [1.807, 2.05) is 71.6 Å². The smallest absolute Gasteiger partial charge is 0.265 e. The largest absolute Gasteiger partial charge is 0.497 e. The van der Waals surface area contributed by atoms with Gasteiger partial charge in [-0.25, -0.2) is 4.68 Å². The molecule has 0 bridgehead atoms. The Morgan fingerprint density at radius 1 is 1.14 bits per heavy atom. The van der Waals surface area contributed by atoms with Crippen molar-refractivity contribution in [2.45, 2.75) is 0 Å². The number of methoxy groups -OCH3 is 1. The highest BCUT2D eigenvalue weighted by Gasteiger charge is 2.29. The molecule has 5 nitrogen and oxygen atoms in total. The van der Waals surface area contributed by atoms with Crippen LogP contribution in [0.4, 0.5) is 0 Å². The van der Waals surface area contributed by atoms with Crippen LogP contribution in [-0.4, -0.2) is 39.1 Å². The Bertz CT molecular complexity index is 1090. The second kappa shape index (κ2) is 7.61. The number of hydrogen-bond donors (Lipinski definition) is 0. The highest BCUT2D eigenvalue weighted by molar-refractivity contribution is 8.26. The van der Waals surface area contributed by atoms with Crippen molar-refractivity contribution in [1.29, 1.82) is 0 Å². The third-order valence-corrected chi connectivity index (χ3v) is 5.86. The van der Waals surface area contributed by atoms with Crippen LogP contribution in [0.25, 0.3) is 23.0 Å². The molecule has 1 aliphatic rings. The summed E-state index contributed by atoms with van der Waals surface area (Å²) in [6, 6.07) is 17.6. The number of ether oxygens (including phenoxy) is 1. The van der Waals surface area contributed by atoms with Crippen molar-refractivity contribution >= 4 is 40.3 Å². The van der Waals surface area contributed by atoms with Crippen LogP contribution in [0.3, 0.4) is 0 Å². The van der Waals surface area contributed by atoms with E-state index in [9.17, 15) is 4.79 Å². The van der Waals surface area contributed by atoms with Gasteiger partial charge < -0.3 is 4.74 Å². The number of aromatic nitrogens is 2. The molecule has 0 unspecified atom stereocenters. The molecule has 0 atom stereocenters. The molecule has 4 rings (SSSR count). The average molecular weight is 408 g/mol. The highest BCUT2D eigenvalue weighted by atomic mass is 32.2. The summed E-state index contributed by atoms with van der Waals surface area (Å²) >= 11 is 6.54. The molecule has 7 heteroatoms. The van der Waals surface area contributed by atoms with E-state index in [-0.39, 0.29) is 5.91 Å². The van der Waals surface area contributed by atoms with Gasteiger partial charge >= 0.3 is 0 Å². The van der Waals surface area contributed by atoms with E-state index in [4.69, 9.17) is 22.1 Å². The van der Waals surface area contributed by atoms with Gasteiger partial charge in [0.2, 0.25) is 0 Å². The Morgan fingerprint density at radius 3 is 2.61 bits per heavy atom. The van der Waals surface area contributed by atoms with Gasteiger partial charge in [0.15, 0.2) is 0 Å². The van der Waals surface area contributed by atoms with Crippen molar-refractivity contribution < 1.29 is 9.53 Å². The summed E-state index contributed by atoms with van der Waals surface area (Å²) in [5.41, 5.74) is 3.46. The first-order valence-electron chi connectivity index (χ1n) is 8.58. The average Bonchev–Trinajstić information content (AvgIpc) is 3.26. The van der Waals surface area contributed by atoms with Crippen LogP contribution < -0.4 is 4.74 Å². The number of likely N-dealkylation sites (N-methyl/N-ethyl adjacent to an activating group) is 1. The van der Waals surface area contributed by atoms with Gasteiger partial charge in [-0.2, -0.15) is 5.10 Å². The molecular weight excluding hydrogens is 390 g/mol. The molecule has 0 spiro atoms. The molecule has 2 aromatic carbocycles. The molecule has 0 N–H and O–H groups in total. The van der Waals surface area contributed by atoms with Gasteiger partial charge in [-0.05, 0) is 30.3 Å². The van der Waals surface area contributed by atoms with Crippen LogP contribution in [0.5, 0.6) is 5.75 Å². The van der Waals surface area contributed by atoms with Crippen LogP contribution in [0.2, 0.25) is 0 Å². The minimum absolute atomic E-state index is 0.0981. The molecule has 0 aliphatic carbocycles. The molecule has 1 aliphatic heterocycles. The number of amides is 1. The minimum atomic E-state index is -0.0981. The summed E-state index contributed by atoms with van der Waals surface area (Å²) in [4.78, 5) is 14.5. The van der Waals surface area contributed by atoms with Gasteiger partial charge in [-0.3, -0.25) is 9.69 Å². The van der Waals surface area contributed by atoms with Gasteiger partial charge in [0.1, 0.15) is 15.8 Å². The molecule has 3 aromatic rings. The molecule has 28 heavy (non-hydrogen) atoms. The molecule has 2 heterocycles. The summed E-state index contributed by atoms with van der Waals surface area (Å²) < 4.78 is 7.72. The van der Waals surface area contributed by atoms with Crippen LogP contribution in [0.1, 0.15) is 5.56 Å². The fourth-order valence-corrected chi connectivity index (χ4v) is 4.06. The second-order valence-electron chi connectivity index (χ2n) is 6.19. The van der Waals surface area contributed by atoms with Crippen molar-refractivity contribution in [2.24, 2.45) is 0 Å². The van der Waals surface area contributed by atoms with Crippen molar-refractivity contribution in [1.82, 2.24) is 14.7 Å². The van der Waals surface area contributed by atoms with Crippen molar-refractivity contribution in [2.75, 3.05) is 14.2 Å². The summed E-state index contributed by atoms with van der Waals surface area (Å²) in [7, 11) is 3.32. The fraction of sp³-hybridized carbons (Fsp3) is 0.0952. The molecule has 1 aromatic heterocycles. The maximum Gasteiger partial charge on any atom is 0.265 e. The first kappa shape index (κ1) is 18.5. The number of thioether (sulfide) groups is 1. The number of benzene rings is 2. The standard InChI is InChI=1S/C21H17N3O2S2/c1-23-20(25)18(28-21(23)27)12-15-13-24(16-8-4-3-5-9-16)22-19(15)14-7-6-10-17(11-14)26-2/h3-13H,1-2H3. The quantitative estimate of drug-likeness (QED) is 0.475. The molecule has 140 valence electrons. The van der Waals surface area contributed by atoms with E-state index < -0.39 is 0 Å². The van der Waals surface area contributed by atoms with Gasteiger partial charge in [-0.15, -0.1) is 0 Å². The number of para-hydroxylation sites is 1. The maximum absolute atomic E-state index is 12.4. The molecule has 1 amide bonds. The summed E-state index contributed by atoms with van der Waals surface area (Å²) in [6.07, 6.45) is 3.77. The predicted octanol–water partition coefficient (Wildman–Crippen LogP) is 4.38. The normalized spacial score (nSPS) is 15.5. The SMILES string of the molecule is COc1cccc(-c2nn(-c3ccccc3)cc2C=C2SC(=S)N(C)C2=O)c1. The lowest BCUT2D eigenvalue weighted by Gasteiger charge is -2.04. The van der Waals surface area contributed by atoms with E-state index in [1.165, 1.54) is 16.7 Å². The topological polar surface area (TPSA) is 47.4 Å². The number of carbonyl (C=O) groups is 1. The number of thiocarbonyl (C=S) groups is 1. The summed E-state index contributed by atoms with van der Waals surface area (Å²) in [6.45, 7) is 0. The third kappa shape index (κ3) is 3.46. The van der Waals surface area contributed by atoms with E-state index in [0.717, 1.165) is 28.3 Å². The maximum atomic E-state index is 12.4. The zero-order valence-corrected chi connectivity index (χ0v) is 17.0. The van der Waals surface area contributed by atoms with Crippen LogP contribution >= 0.6 is 24.0 Å². The second-order valence-corrected chi connectivity index (χ2v) is 7.86. The van der Waals surface area contributed by atoms with Crippen molar-refractivity contribution in [3.05, 3.63) is 71.3 Å². The van der Waals surface area contributed by atoms with E-state index in [0.29, 0.717) is 9.23 Å². The third-order valence-electron chi connectivity index (χ3n) is 4.38. The summed E-state index contributed by atoms with van der Waals surface area (Å²) in [5, 5.41) is 4.78. The van der Waals surface area contributed by atoms with Crippen molar-refractivity contribution in [3.8, 4) is 22.7 Å². The van der Waals surface area contributed by atoms with Crippen LogP contribution in [0, 0.1) is 0 Å². The molecule has 0 radical (unpaired) electrons. The fourth-order valence-electron chi connectivity index (χ4n) is 2.89. The van der Waals surface area contributed by atoms with Crippen LogP contribution in [0.15, 0.2) is 65.7 Å². The Hall–Kier alpha value is -2.90. The zero-order valence-electron chi connectivity index (χ0n) is 15.3. The van der Waals surface area contributed by atoms with Gasteiger partial charge in [0, 0.05) is 24.4 Å². The van der Waals surface area contributed by atoms with Crippen molar-refractivity contribution in [3.63, 3.8) is 0 Å². The first-order chi connectivity index (χ1) is 13.6. The van der Waals surface area contributed by atoms with E-state index >= 15 is 0 Å². The lowest BCUT2D eigenvalue weighted by atomic mass is 10.1. The van der Waals surface area contributed by atoms with E-state index in [1.54, 1.807) is 14.2 Å². The molecule has 1 fully saturated rings. The lowest BCUT2D eigenvalue weighted by Crippen LogP contribution is -2.22. The number of carbonyl (C=O) groups excluding carboxylic acids is 1. The molecule has 0 saturated carbocycles. The Labute approximate surface area is 172 Å². The number of hydrogen-bond acceptors (Lipinski definition) is 5. The highest BCUT2D eigenvalue weighted by Crippen LogP contribution is 2.34. The Balaban J connectivity index is 1.85. The molecular formula is C21H17N3O2S2. The van der Waals surface area contributed by atoms with E-state index in [2.05, 4.69) is 0 Å². The predicted molar refractivity (Wildman–Crippen MR) is 116 cm³/mol. The van der Waals surface area contributed by atoms with Gasteiger partial charge in [0.05, 0.1) is 17.7 Å². The summed E-state index contributed by atoms with van der Waals surface area (Å²) in [5.74, 6) is 0.650. The molecule has 1 saturated heterocycles. The Kier molecular flexibility index (Phi) is 5.02. The zero-order chi connectivity index (χ0) is 19.7. The van der Waals surface area contributed by atoms with Gasteiger partial charge in [-0.1, -0.05) is 54.3 Å². The Morgan fingerprint density at radius 2 is 1.93 bits per heavy atom. The number of rotatable bonds is 4. The van der Waals surface area contributed by atoms with Crippen LogP contribution in [-0.2, 0) is 4.79 Å². The number of nitrogens with zero attached hydrogens (tertiary/aromatic N) is 3. The minimum Gasteiger partial charge on any atom is -0.497 e. The monoisotopic (exact) mass is 407 g/mol. The lowest BCUT2D eigenvalue weighted by molar-refractivity contribution is -0.121.